The number of hydrogen-bond acceptors (Lipinski definition) is 10. The minimum Gasteiger partial charge on any atom is -0.508 e. The Bertz CT molecular complexity index is 751. The molecule has 1 aromatic carbocycles. The van der Waals surface area contributed by atoms with Gasteiger partial charge in [-0.3, -0.25) is 8.84 Å². The Morgan fingerprint density at radius 1 is 1.22 bits per heavy atom. The van der Waals surface area contributed by atoms with Gasteiger partial charge in [0.25, 0.3) is 10.1 Å². The van der Waals surface area contributed by atoms with Crippen molar-refractivity contribution >= 4 is 32.8 Å². The van der Waals surface area contributed by atoms with Crippen molar-refractivity contribution in [3.8, 4) is 5.75 Å². The van der Waals surface area contributed by atoms with Crippen LogP contribution in [0.15, 0.2) is 29.4 Å². The van der Waals surface area contributed by atoms with Crippen LogP contribution in [0.5, 0.6) is 5.75 Å². The maximum atomic E-state index is 11.2. The van der Waals surface area contributed by atoms with Gasteiger partial charge in [-0.15, -0.1) is 0 Å². The molecule has 0 amide bonds. The molecule has 6 N–H and O–H groups in total. The van der Waals surface area contributed by atoms with Gasteiger partial charge in [0.15, 0.2) is 0 Å². The molecule has 0 saturated carbocycles. The molecule has 0 aromatic heterocycles. The number of aliphatic hydroxyl groups excluding tert-OH is 4. The summed E-state index contributed by atoms with van der Waals surface area (Å²) in [5.74, 6) is 2.94. The van der Waals surface area contributed by atoms with Gasteiger partial charge in [0.05, 0.1) is 6.61 Å². The van der Waals surface area contributed by atoms with Crippen LogP contribution < -0.4 is 0 Å². The van der Waals surface area contributed by atoms with E-state index in [1.807, 2.05) is 0 Å². The van der Waals surface area contributed by atoms with E-state index in [-0.39, 0.29) is 17.2 Å². The number of phenols is 1. The van der Waals surface area contributed by atoms with Crippen LogP contribution in [0, 0.1) is 0 Å². The van der Waals surface area contributed by atoms with E-state index >= 15 is 0 Å². The van der Waals surface area contributed by atoms with E-state index in [1.165, 1.54) is 12.1 Å². The molecule has 152 valence electrons. The molecule has 0 radical (unpaired) electrons. The zero-order valence-corrected chi connectivity index (χ0v) is 15.6. The van der Waals surface area contributed by atoms with Gasteiger partial charge >= 0.3 is 0 Å². The fraction of sp³-hybridized carbons (Fsp3) is 0.467. The smallest absolute Gasteiger partial charge is 0.261 e. The maximum absolute atomic E-state index is 11.2. The Morgan fingerprint density at radius 3 is 2.41 bits per heavy atom. The van der Waals surface area contributed by atoms with Crippen LogP contribution in [0.25, 0.3) is 0 Å². The molecular weight excluding hydrogens is 402 g/mol. The highest BCUT2D eigenvalue weighted by molar-refractivity contribution is 8.14. The number of rotatable bonds is 6. The Hall–Kier alpha value is -1.38. The van der Waals surface area contributed by atoms with Crippen LogP contribution in [-0.4, -0.2) is 81.7 Å². The van der Waals surface area contributed by atoms with Gasteiger partial charge in [0.2, 0.25) is 0 Å². The van der Waals surface area contributed by atoms with E-state index < -0.39 is 46.5 Å². The Morgan fingerprint density at radius 2 is 1.85 bits per heavy atom. The molecular formula is C15H21NO9S2. The predicted molar refractivity (Wildman–Crippen MR) is 99.6 cm³/mol. The summed E-state index contributed by atoms with van der Waals surface area (Å²) < 4.78 is 30.2. The predicted octanol–water partition coefficient (Wildman–Crippen LogP) is -1.10. The van der Waals surface area contributed by atoms with Crippen molar-refractivity contribution in [3.05, 3.63) is 29.8 Å². The highest BCUT2D eigenvalue weighted by Gasteiger charge is 2.44. The Labute approximate surface area is 160 Å². The summed E-state index contributed by atoms with van der Waals surface area (Å²) >= 11 is 0.782. The summed E-state index contributed by atoms with van der Waals surface area (Å²) in [6, 6.07) is 6.03. The first-order valence-corrected chi connectivity index (χ1v) is 10.2. The molecule has 12 heteroatoms. The van der Waals surface area contributed by atoms with Gasteiger partial charge in [-0.2, -0.15) is 4.21 Å². The van der Waals surface area contributed by atoms with Crippen molar-refractivity contribution < 1.29 is 43.3 Å². The molecule has 3 unspecified atom stereocenters. The lowest BCUT2D eigenvalue weighted by atomic mass is 10.0. The maximum Gasteiger partial charge on any atom is 0.261 e. The van der Waals surface area contributed by atoms with Gasteiger partial charge < -0.3 is 30.3 Å². The van der Waals surface area contributed by atoms with E-state index in [0.29, 0.717) is 5.56 Å². The van der Waals surface area contributed by atoms with Crippen LogP contribution in [0.2, 0.25) is 0 Å². The number of aliphatic hydroxyl groups is 4. The molecule has 1 aromatic rings. The fourth-order valence-electron chi connectivity index (χ4n) is 2.28. The molecule has 1 saturated heterocycles. The lowest BCUT2D eigenvalue weighted by molar-refractivity contribution is -0.205. The Kier molecular flexibility index (Phi) is 7.47. The third-order valence-electron chi connectivity index (χ3n) is 3.65. The number of nitrogens with zero attached hydrogens (tertiary/aromatic N) is 1. The van der Waals surface area contributed by atoms with Gasteiger partial charge in [0, 0.05) is 12.3 Å². The number of aromatic hydroxyl groups is 1. The standard InChI is InChI=1S/C15H21NO9S2/c1-27(22,23)25-16-11(6-8-2-4-9(18)5-3-8)26-15-14(21)13(20)12(19)10(7-17)24-15/h2-5,10,12-15,17-21H,1,6-7H2,(H,22,23)/b16-11-/t10?,12-,13+,14?,15+/m1/s1. The molecule has 6 atom stereocenters. The van der Waals surface area contributed by atoms with Crippen molar-refractivity contribution in [2.24, 2.45) is 5.16 Å². The van der Waals surface area contributed by atoms with Gasteiger partial charge in [0.1, 0.15) is 40.6 Å². The van der Waals surface area contributed by atoms with Crippen LogP contribution in [-0.2, 0) is 25.5 Å². The first-order valence-electron chi connectivity index (χ1n) is 7.71. The van der Waals surface area contributed by atoms with Crippen LogP contribution >= 0.6 is 11.8 Å². The largest absolute Gasteiger partial charge is 0.508 e. The molecule has 1 aliphatic heterocycles. The van der Waals surface area contributed by atoms with Crippen molar-refractivity contribution in [1.82, 2.24) is 0 Å². The summed E-state index contributed by atoms with van der Waals surface area (Å²) in [6.07, 6.45) is -5.62. The lowest BCUT2D eigenvalue weighted by Crippen LogP contribution is -2.57. The molecule has 0 bridgehead atoms. The SMILES string of the molecule is C=S(=O)(O)O/N=C(/Cc1ccc(O)cc1)S[C@@H]1OC(CO)[C@@H](O)[C@H](O)C1O. The second-order valence-electron chi connectivity index (χ2n) is 5.80. The zero-order chi connectivity index (χ0) is 20.2. The molecule has 1 fully saturated rings. The monoisotopic (exact) mass is 423 g/mol. The minimum absolute atomic E-state index is 0.0474. The number of phenolic OH excluding ortho intramolecular Hbond substituents is 1. The third kappa shape index (κ3) is 6.33. The van der Waals surface area contributed by atoms with E-state index in [0.717, 1.165) is 11.8 Å². The highest BCUT2D eigenvalue weighted by atomic mass is 32.2. The molecule has 1 heterocycles. The lowest BCUT2D eigenvalue weighted by Gasteiger charge is -2.39. The second kappa shape index (κ2) is 9.21. The third-order valence-corrected chi connectivity index (χ3v) is 5.07. The number of oxime groups is 1. The number of thioether (sulfide) groups is 1. The summed E-state index contributed by atoms with van der Waals surface area (Å²) in [7, 11) is -3.88. The first kappa shape index (κ1) is 21.9. The van der Waals surface area contributed by atoms with E-state index in [1.54, 1.807) is 12.1 Å². The van der Waals surface area contributed by atoms with Gasteiger partial charge in [-0.1, -0.05) is 29.1 Å². The average molecular weight is 423 g/mol. The van der Waals surface area contributed by atoms with E-state index in [2.05, 4.69) is 15.3 Å². The van der Waals surface area contributed by atoms with Crippen molar-refractivity contribution in [3.63, 3.8) is 0 Å². The molecule has 0 aliphatic carbocycles. The minimum atomic E-state index is -3.88. The second-order valence-corrected chi connectivity index (χ2v) is 8.28. The van der Waals surface area contributed by atoms with Crippen molar-refractivity contribution in [1.29, 1.82) is 0 Å². The summed E-state index contributed by atoms with van der Waals surface area (Å²) in [4.78, 5) is 0. The topological polar surface area (TPSA) is 169 Å². The van der Waals surface area contributed by atoms with Gasteiger partial charge in [-0.25, -0.2) is 0 Å². The average Bonchev–Trinajstić information content (AvgIpc) is 2.61. The van der Waals surface area contributed by atoms with Crippen molar-refractivity contribution in [2.45, 2.75) is 36.3 Å². The quantitative estimate of drug-likeness (QED) is 0.143. The molecule has 27 heavy (non-hydrogen) atoms. The summed E-state index contributed by atoms with van der Waals surface area (Å²) in [6.45, 7) is -0.591. The summed E-state index contributed by atoms with van der Waals surface area (Å²) in [5, 5.41) is 52.0. The van der Waals surface area contributed by atoms with Gasteiger partial charge in [-0.05, 0) is 17.7 Å². The van der Waals surface area contributed by atoms with Crippen molar-refractivity contribution in [2.75, 3.05) is 6.61 Å². The molecule has 2 rings (SSSR count). The fourth-order valence-corrected chi connectivity index (χ4v) is 3.63. The number of ether oxygens (including phenoxy) is 1. The first-order chi connectivity index (χ1) is 12.6. The van der Waals surface area contributed by atoms with E-state index in [9.17, 15) is 29.7 Å². The number of hydrogen-bond donors (Lipinski definition) is 6. The Balaban J connectivity index is 2.20. The van der Waals surface area contributed by atoms with Crippen LogP contribution in [0.3, 0.4) is 0 Å². The molecule has 0 spiro atoms. The molecule has 10 nitrogen and oxygen atoms in total. The van der Waals surface area contributed by atoms with Crippen LogP contribution in [0.4, 0.5) is 0 Å². The van der Waals surface area contributed by atoms with Crippen LogP contribution in [0.1, 0.15) is 5.56 Å². The number of benzene rings is 1. The molecule has 1 aliphatic rings. The normalized spacial score (nSPS) is 31.3. The summed E-state index contributed by atoms with van der Waals surface area (Å²) in [5.41, 5.74) is -0.486. The highest BCUT2D eigenvalue weighted by Crippen LogP contribution is 2.30. The zero-order valence-electron chi connectivity index (χ0n) is 14.0. The van der Waals surface area contributed by atoms with E-state index in [4.69, 9.17) is 9.29 Å².